The number of benzene rings is 1. The number of aromatic nitrogens is 1. The van der Waals surface area contributed by atoms with Gasteiger partial charge in [-0.1, -0.05) is 5.16 Å². The Balaban J connectivity index is 2.58. The van der Waals surface area contributed by atoms with Crippen LogP contribution in [0.1, 0.15) is 24.3 Å². The Labute approximate surface area is 95.6 Å². The fourth-order valence-corrected chi connectivity index (χ4v) is 1.58. The second-order valence-corrected chi connectivity index (χ2v) is 3.79. The van der Waals surface area contributed by atoms with Crippen molar-refractivity contribution in [3.8, 4) is 0 Å². The van der Waals surface area contributed by atoms with Crippen LogP contribution in [-0.4, -0.2) is 12.2 Å². The van der Waals surface area contributed by atoms with Gasteiger partial charge in [0.2, 0.25) is 0 Å². The maximum atomic E-state index is 12.6. The summed E-state index contributed by atoms with van der Waals surface area (Å²) in [4.78, 5) is 0. The van der Waals surface area contributed by atoms with Crippen LogP contribution < -0.4 is 5.32 Å². The molecule has 0 amide bonds. The third kappa shape index (κ3) is 2.12. The molecule has 0 saturated heterocycles. The maximum Gasteiger partial charge on any atom is 0.416 e. The van der Waals surface area contributed by atoms with Crippen LogP contribution in [0.4, 0.5) is 13.2 Å². The van der Waals surface area contributed by atoms with Crippen LogP contribution in [-0.2, 0) is 6.18 Å². The fourth-order valence-electron chi connectivity index (χ4n) is 1.58. The fraction of sp³-hybridized carbons (Fsp3) is 0.364. The van der Waals surface area contributed by atoms with Crippen molar-refractivity contribution in [2.24, 2.45) is 0 Å². The monoisotopic (exact) mass is 244 g/mol. The molecule has 1 aromatic carbocycles. The summed E-state index contributed by atoms with van der Waals surface area (Å²) in [6.45, 7) is 1.79. The number of hydrogen-bond acceptors (Lipinski definition) is 3. The Hall–Kier alpha value is -1.56. The number of nitrogens with zero attached hydrogens (tertiary/aromatic N) is 1. The van der Waals surface area contributed by atoms with E-state index in [2.05, 4.69) is 10.5 Å². The van der Waals surface area contributed by atoms with E-state index < -0.39 is 11.7 Å². The van der Waals surface area contributed by atoms with Crippen LogP contribution in [0.2, 0.25) is 0 Å². The lowest BCUT2D eigenvalue weighted by molar-refractivity contribution is -0.137. The molecule has 92 valence electrons. The van der Waals surface area contributed by atoms with Crippen molar-refractivity contribution in [2.75, 3.05) is 7.05 Å². The molecule has 1 unspecified atom stereocenters. The number of nitrogens with one attached hydrogen (secondary N) is 1. The molecule has 0 aliphatic heterocycles. The topological polar surface area (TPSA) is 38.1 Å². The van der Waals surface area contributed by atoms with E-state index in [1.54, 1.807) is 14.0 Å². The van der Waals surface area contributed by atoms with Gasteiger partial charge in [0.1, 0.15) is 5.52 Å². The molecule has 0 spiro atoms. The highest BCUT2D eigenvalue weighted by atomic mass is 19.4. The Bertz CT molecular complexity index is 533. The van der Waals surface area contributed by atoms with Gasteiger partial charge >= 0.3 is 6.18 Å². The standard InChI is InChI=1S/C11H11F3N2O/c1-6(15-2)10-8-5-7(11(12,13)14)3-4-9(8)16-17-10/h3-6,15H,1-2H3. The second kappa shape index (κ2) is 4.03. The zero-order chi connectivity index (χ0) is 12.6. The molecule has 2 rings (SSSR count). The van der Waals surface area contributed by atoms with Crippen molar-refractivity contribution in [2.45, 2.75) is 19.1 Å². The highest BCUT2D eigenvalue weighted by Crippen LogP contribution is 2.33. The first-order chi connectivity index (χ1) is 7.93. The first kappa shape index (κ1) is 11.9. The number of hydrogen-bond donors (Lipinski definition) is 1. The van der Waals surface area contributed by atoms with E-state index in [9.17, 15) is 13.2 Å². The third-order valence-corrected chi connectivity index (χ3v) is 2.66. The highest BCUT2D eigenvalue weighted by Gasteiger charge is 2.31. The number of alkyl halides is 3. The van der Waals surface area contributed by atoms with E-state index in [-0.39, 0.29) is 6.04 Å². The molecule has 1 aromatic heterocycles. The molecule has 0 fully saturated rings. The summed E-state index contributed by atoms with van der Waals surface area (Å²) in [5.41, 5.74) is -0.271. The van der Waals surface area contributed by atoms with Gasteiger partial charge in [0, 0.05) is 5.39 Å². The van der Waals surface area contributed by atoms with Gasteiger partial charge in [0.25, 0.3) is 0 Å². The Morgan fingerprint density at radius 2 is 2.06 bits per heavy atom. The average molecular weight is 244 g/mol. The number of fused-ring (bicyclic) bond motifs is 1. The zero-order valence-electron chi connectivity index (χ0n) is 9.30. The van der Waals surface area contributed by atoms with Gasteiger partial charge in [0.15, 0.2) is 5.76 Å². The van der Waals surface area contributed by atoms with E-state index in [0.29, 0.717) is 16.7 Å². The van der Waals surface area contributed by atoms with Crippen molar-refractivity contribution in [1.82, 2.24) is 10.5 Å². The van der Waals surface area contributed by atoms with Gasteiger partial charge in [-0.05, 0) is 32.2 Å². The van der Waals surface area contributed by atoms with Crippen molar-refractivity contribution >= 4 is 10.9 Å². The molecular weight excluding hydrogens is 233 g/mol. The van der Waals surface area contributed by atoms with Crippen molar-refractivity contribution in [3.05, 3.63) is 29.5 Å². The summed E-state index contributed by atoms with van der Waals surface area (Å²) in [6, 6.07) is 3.18. The molecule has 1 heterocycles. The quantitative estimate of drug-likeness (QED) is 0.881. The van der Waals surface area contributed by atoms with Gasteiger partial charge in [-0.2, -0.15) is 13.2 Å². The minimum atomic E-state index is -4.36. The lowest BCUT2D eigenvalue weighted by Crippen LogP contribution is -2.12. The molecule has 0 saturated carbocycles. The maximum absolute atomic E-state index is 12.6. The van der Waals surface area contributed by atoms with Gasteiger partial charge in [-0.25, -0.2) is 0 Å². The smallest absolute Gasteiger partial charge is 0.358 e. The molecule has 3 nitrogen and oxygen atoms in total. The van der Waals surface area contributed by atoms with Crippen molar-refractivity contribution < 1.29 is 17.7 Å². The summed E-state index contributed by atoms with van der Waals surface area (Å²) in [5, 5.41) is 7.02. The molecule has 2 aromatic rings. The molecule has 6 heteroatoms. The highest BCUT2D eigenvalue weighted by molar-refractivity contribution is 5.81. The number of halogens is 3. The molecule has 0 aliphatic rings. The molecule has 17 heavy (non-hydrogen) atoms. The molecule has 0 aliphatic carbocycles. The summed E-state index contributed by atoms with van der Waals surface area (Å²) < 4.78 is 42.8. The van der Waals surface area contributed by atoms with Crippen LogP contribution in [0.15, 0.2) is 22.7 Å². The van der Waals surface area contributed by atoms with Crippen LogP contribution >= 0.6 is 0 Å². The predicted octanol–water partition coefficient (Wildman–Crippen LogP) is 3.13. The molecular formula is C11H11F3N2O. The van der Waals surface area contributed by atoms with Gasteiger partial charge < -0.3 is 9.84 Å². The van der Waals surface area contributed by atoms with Crippen molar-refractivity contribution in [3.63, 3.8) is 0 Å². The molecule has 1 N–H and O–H groups in total. The summed E-state index contributed by atoms with van der Waals surface area (Å²) in [6.07, 6.45) is -4.36. The van der Waals surface area contributed by atoms with Crippen LogP contribution in [0.5, 0.6) is 0 Å². The molecule has 0 bridgehead atoms. The summed E-state index contributed by atoms with van der Waals surface area (Å²) in [5.74, 6) is 0.411. The zero-order valence-corrected chi connectivity index (χ0v) is 9.30. The van der Waals surface area contributed by atoms with E-state index in [4.69, 9.17) is 4.52 Å². The van der Waals surface area contributed by atoms with Crippen LogP contribution in [0.3, 0.4) is 0 Å². The number of rotatable bonds is 2. The Morgan fingerprint density at radius 1 is 1.35 bits per heavy atom. The van der Waals surface area contributed by atoms with Gasteiger partial charge in [-0.15, -0.1) is 0 Å². The lowest BCUT2D eigenvalue weighted by Gasteiger charge is -2.08. The first-order valence-electron chi connectivity index (χ1n) is 5.07. The van der Waals surface area contributed by atoms with Crippen molar-refractivity contribution in [1.29, 1.82) is 0 Å². The van der Waals surface area contributed by atoms with E-state index in [1.165, 1.54) is 6.07 Å². The molecule has 0 radical (unpaired) electrons. The Kier molecular flexibility index (Phi) is 2.82. The van der Waals surface area contributed by atoms with E-state index >= 15 is 0 Å². The predicted molar refractivity (Wildman–Crippen MR) is 56.5 cm³/mol. The van der Waals surface area contributed by atoms with Gasteiger partial charge in [0.05, 0.1) is 11.6 Å². The molecule has 1 atom stereocenters. The Morgan fingerprint density at radius 3 is 2.65 bits per heavy atom. The van der Waals surface area contributed by atoms with E-state index in [0.717, 1.165) is 12.1 Å². The van der Waals surface area contributed by atoms with Crippen LogP contribution in [0, 0.1) is 0 Å². The third-order valence-electron chi connectivity index (χ3n) is 2.66. The van der Waals surface area contributed by atoms with E-state index in [1.807, 2.05) is 0 Å². The first-order valence-corrected chi connectivity index (χ1v) is 5.07. The summed E-state index contributed by atoms with van der Waals surface area (Å²) >= 11 is 0. The van der Waals surface area contributed by atoms with Gasteiger partial charge in [-0.3, -0.25) is 0 Å². The van der Waals surface area contributed by atoms with Crippen LogP contribution in [0.25, 0.3) is 10.9 Å². The largest absolute Gasteiger partial charge is 0.416 e. The second-order valence-electron chi connectivity index (χ2n) is 3.79. The lowest BCUT2D eigenvalue weighted by atomic mass is 10.1. The summed E-state index contributed by atoms with van der Waals surface area (Å²) in [7, 11) is 1.70. The minimum Gasteiger partial charge on any atom is -0.358 e. The minimum absolute atomic E-state index is 0.191. The normalized spacial score (nSPS) is 14.2. The SMILES string of the molecule is CNC(C)c1onc2ccc(C(F)(F)F)cc12. The average Bonchev–Trinajstić information content (AvgIpc) is 2.69.